The number of hydrogen-bond donors (Lipinski definition) is 2. The highest BCUT2D eigenvalue weighted by molar-refractivity contribution is 6.32. The van der Waals surface area contributed by atoms with E-state index >= 15 is 0 Å². The molecule has 0 amide bonds. The summed E-state index contributed by atoms with van der Waals surface area (Å²) in [5.41, 5.74) is 3.57. The smallest absolute Gasteiger partial charge is 0.341 e. The second kappa shape index (κ2) is 8.03. The number of carbonyl (C=O) groups is 1. The third-order valence-corrected chi connectivity index (χ3v) is 4.20. The van der Waals surface area contributed by atoms with Crippen LogP contribution >= 0.6 is 11.6 Å². The van der Waals surface area contributed by atoms with Crippen LogP contribution in [-0.4, -0.2) is 34.8 Å². The lowest BCUT2D eigenvalue weighted by molar-refractivity contribution is -0.139. The Labute approximate surface area is 165 Å². The number of nitrogens with zero attached hydrogens (tertiary/aromatic N) is 2. The van der Waals surface area contributed by atoms with E-state index in [1.54, 1.807) is 18.2 Å². The van der Waals surface area contributed by atoms with Crippen LogP contribution in [0.25, 0.3) is 22.7 Å². The van der Waals surface area contributed by atoms with Gasteiger partial charge in [-0.1, -0.05) is 17.7 Å². The van der Waals surface area contributed by atoms with Crippen molar-refractivity contribution in [3.05, 3.63) is 52.3 Å². The van der Waals surface area contributed by atoms with Crippen LogP contribution in [0.4, 0.5) is 0 Å². The fraction of sp³-hybridized carbons (Fsp3) is 0.150. The molecule has 1 heterocycles. The summed E-state index contributed by atoms with van der Waals surface area (Å²) in [6, 6.07) is 11.1. The summed E-state index contributed by atoms with van der Waals surface area (Å²) < 4.78 is 10.4. The standard InChI is InChI=1S/C20H16ClN3O4/c1-11-3-4-15-16(5-11)24-20(23-15)13(9-22)6-12-7-14(21)19(17(8-12)27-2)28-10-18(25)26/h3-8H,10H2,1-2H3,(H,23,24)(H,25,26)/b13-6-. The minimum atomic E-state index is -1.13. The van der Waals surface area contributed by atoms with E-state index in [1.807, 2.05) is 25.1 Å². The maximum absolute atomic E-state index is 10.7. The quantitative estimate of drug-likeness (QED) is 0.607. The lowest BCUT2D eigenvalue weighted by Crippen LogP contribution is -2.10. The van der Waals surface area contributed by atoms with Gasteiger partial charge in [0.1, 0.15) is 11.9 Å². The first-order valence-electron chi connectivity index (χ1n) is 8.22. The van der Waals surface area contributed by atoms with Crippen molar-refractivity contribution in [1.82, 2.24) is 9.97 Å². The molecule has 28 heavy (non-hydrogen) atoms. The molecule has 0 aliphatic carbocycles. The molecule has 0 aliphatic rings. The Morgan fingerprint density at radius 2 is 2.18 bits per heavy atom. The van der Waals surface area contributed by atoms with Gasteiger partial charge in [0, 0.05) is 0 Å². The average molecular weight is 398 g/mol. The SMILES string of the molecule is COc1cc(/C=C(/C#N)c2nc3ccc(C)cc3[nH]2)cc(Cl)c1OCC(=O)O. The van der Waals surface area contributed by atoms with Crippen molar-refractivity contribution < 1.29 is 19.4 Å². The Bertz CT molecular complexity index is 1130. The van der Waals surface area contributed by atoms with Crippen molar-refractivity contribution in [2.75, 3.05) is 13.7 Å². The van der Waals surface area contributed by atoms with Crippen LogP contribution < -0.4 is 9.47 Å². The number of H-pyrrole nitrogens is 1. The number of ether oxygens (including phenoxy) is 2. The molecule has 0 radical (unpaired) electrons. The molecule has 3 rings (SSSR count). The molecular weight excluding hydrogens is 382 g/mol. The Hall–Kier alpha value is -3.50. The van der Waals surface area contributed by atoms with E-state index in [2.05, 4.69) is 16.0 Å². The zero-order valence-corrected chi connectivity index (χ0v) is 15.9. The molecule has 142 valence electrons. The number of aryl methyl sites for hydroxylation is 1. The maximum Gasteiger partial charge on any atom is 0.341 e. The van der Waals surface area contributed by atoms with E-state index in [-0.39, 0.29) is 16.5 Å². The summed E-state index contributed by atoms with van der Waals surface area (Å²) in [7, 11) is 1.42. The number of benzene rings is 2. The highest BCUT2D eigenvalue weighted by Gasteiger charge is 2.14. The van der Waals surface area contributed by atoms with Crippen LogP contribution in [-0.2, 0) is 4.79 Å². The molecule has 0 saturated heterocycles. The van der Waals surface area contributed by atoms with Gasteiger partial charge in [-0.05, 0) is 48.4 Å². The number of aromatic nitrogens is 2. The highest BCUT2D eigenvalue weighted by atomic mass is 35.5. The minimum Gasteiger partial charge on any atom is -0.493 e. The minimum absolute atomic E-state index is 0.126. The number of halogens is 1. The van der Waals surface area contributed by atoms with Crippen LogP contribution in [0.1, 0.15) is 17.0 Å². The van der Waals surface area contributed by atoms with Gasteiger partial charge in [0.25, 0.3) is 0 Å². The Morgan fingerprint density at radius 3 is 2.86 bits per heavy atom. The van der Waals surface area contributed by atoms with Gasteiger partial charge in [-0.25, -0.2) is 9.78 Å². The van der Waals surface area contributed by atoms with E-state index in [0.717, 1.165) is 16.6 Å². The molecular formula is C20H16ClN3O4. The predicted molar refractivity (Wildman–Crippen MR) is 105 cm³/mol. The maximum atomic E-state index is 10.7. The number of fused-ring (bicyclic) bond motifs is 1. The Kier molecular flexibility index (Phi) is 5.52. The molecule has 8 heteroatoms. The van der Waals surface area contributed by atoms with Gasteiger partial charge in [0.2, 0.25) is 0 Å². The van der Waals surface area contributed by atoms with E-state index in [1.165, 1.54) is 7.11 Å². The number of methoxy groups -OCH3 is 1. The Balaban J connectivity index is 2.00. The van der Waals surface area contributed by atoms with Gasteiger partial charge >= 0.3 is 5.97 Å². The largest absolute Gasteiger partial charge is 0.493 e. The van der Waals surface area contributed by atoms with E-state index < -0.39 is 12.6 Å². The fourth-order valence-corrected chi connectivity index (χ4v) is 2.94. The van der Waals surface area contributed by atoms with E-state index in [9.17, 15) is 10.1 Å². The summed E-state index contributed by atoms with van der Waals surface area (Å²) in [4.78, 5) is 18.3. The first-order chi connectivity index (χ1) is 13.4. The van der Waals surface area contributed by atoms with Crippen LogP contribution in [0, 0.1) is 18.3 Å². The van der Waals surface area contributed by atoms with Crippen LogP contribution in [0.15, 0.2) is 30.3 Å². The zero-order chi connectivity index (χ0) is 20.3. The van der Waals surface area contributed by atoms with E-state index in [4.69, 9.17) is 26.2 Å². The number of nitriles is 1. The lowest BCUT2D eigenvalue weighted by Gasteiger charge is -2.12. The van der Waals surface area contributed by atoms with Crippen molar-refractivity contribution in [2.45, 2.75) is 6.92 Å². The summed E-state index contributed by atoms with van der Waals surface area (Å²) >= 11 is 6.22. The first kappa shape index (κ1) is 19.3. The molecule has 0 unspecified atom stereocenters. The number of imidazole rings is 1. The number of nitrogens with one attached hydrogen (secondary N) is 1. The second-order valence-corrected chi connectivity index (χ2v) is 6.40. The van der Waals surface area contributed by atoms with Gasteiger partial charge in [0.15, 0.2) is 18.1 Å². The van der Waals surface area contributed by atoms with Crippen molar-refractivity contribution in [3.63, 3.8) is 0 Å². The molecule has 0 spiro atoms. The van der Waals surface area contributed by atoms with Gasteiger partial charge in [-0.15, -0.1) is 0 Å². The number of aliphatic carboxylic acids is 1. The van der Waals surface area contributed by atoms with Gasteiger partial charge < -0.3 is 19.6 Å². The van der Waals surface area contributed by atoms with Crippen LogP contribution in [0.3, 0.4) is 0 Å². The Morgan fingerprint density at radius 1 is 1.39 bits per heavy atom. The monoisotopic (exact) mass is 397 g/mol. The van der Waals surface area contributed by atoms with Crippen LogP contribution in [0.5, 0.6) is 11.5 Å². The van der Waals surface area contributed by atoms with Crippen molar-refractivity contribution in [2.24, 2.45) is 0 Å². The summed E-state index contributed by atoms with van der Waals surface area (Å²) in [5.74, 6) is -0.308. The second-order valence-electron chi connectivity index (χ2n) is 5.99. The van der Waals surface area contributed by atoms with Crippen LogP contribution in [0.2, 0.25) is 5.02 Å². The number of rotatable bonds is 6. The molecule has 0 fully saturated rings. The predicted octanol–water partition coefficient (Wildman–Crippen LogP) is 4.06. The van der Waals surface area contributed by atoms with Gasteiger partial charge in [-0.2, -0.15) is 5.26 Å². The molecule has 2 N–H and O–H groups in total. The molecule has 7 nitrogen and oxygen atoms in total. The number of hydrogen-bond acceptors (Lipinski definition) is 5. The average Bonchev–Trinajstić information content (AvgIpc) is 3.07. The summed E-state index contributed by atoms with van der Waals surface area (Å²) in [6.45, 7) is 1.43. The molecule has 3 aromatic rings. The number of carboxylic acids is 1. The molecule has 0 aliphatic heterocycles. The van der Waals surface area contributed by atoms with Gasteiger partial charge in [-0.3, -0.25) is 0 Å². The fourth-order valence-electron chi connectivity index (χ4n) is 2.67. The lowest BCUT2D eigenvalue weighted by atomic mass is 10.1. The van der Waals surface area contributed by atoms with E-state index in [0.29, 0.717) is 17.0 Å². The third kappa shape index (κ3) is 4.08. The first-order valence-corrected chi connectivity index (χ1v) is 8.59. The van der Waals surface area contributed by atoms with Crippen molar-refractivity contribution in [1.29, 1.82) is 5.26 Å². The highest BCUT2D eigenvalue weighted by Crippen LogP contribution is 2.37. The number of allylic oxidation sites excluding steroid dienone is 1. The molecule has 2 aromatic carbocycles. The number of carboxylic acid groups (broad SMARTS) is 1. The molecule has 0 saturated carbocycles. The molecule has 0 atom stereocenters. The normalized spacial score (nSPS) is 11.3. The number of aromatic amines is 1. The zero-order valence-electron chi connectivity index (χ0n) is 15.1. The van der Waals surface area contributed by atoms with Crippen molar-refractivity contribution >= 4 is 40.3 Å². The molecule has 0 bridgehead atoms. The van der Waals surface area contributed by atoms with Crippen molar-refractivity contribution in [3.8, 4) is 17.6 Å². The topological polar surface area (TPSA) is 108 Å². The third-order valence-electron chi connectivity index (χ3n) is 3.92. The van der Waals surface area contributed by atoms with Gasteiger partial charge in [0.05, 0.1) is 28.7 Å². The summed E-state index contributed by atoms with van der Waals surface area (Å²) in [6.07, 6.45) is 1.61. The summed E-state index contributed by atoms with van der Waals surface area (Å²) in [5, 5.41) is 18.5. The molecule has 1 aromatic heterocycles.